The summed E-state index contributed by atoms with van der Waals surface area (Å²) < 4.78 is 36.7. The van der Waals surface area contributed by atoms with Crippen LogP contribution in [0.3, 0.4) is 0 Å². The standard InChI is InChI=1S/C14H16F3NO2S/c1-9-6-7-18(8-12(9)19)13(20)10-2-4-11(5-3-10)21-14(15,16)17/h2-5,9,12,19H,6-8H2,1H3. The minimum atomic E-state index is -4.33. The number of rotatable bonds is 2. The first-order valence-electron chi connectivity index (χ1n) is 6.59. The first-order valence-corrected chi connectivity index (χ1v) is 7.41. The van der Waals surface area contributed by atoms with Crippen molar-refractivity contribution in [3.05, 3.63) is 29.8 Å². The number of aliphatic hydroxyl groups excluding tert-OH is 1. The van der Waals surface area contributed by atoms with Gasteiger partial charge in [-0.05, 0) is 48.4 Å². The summed E-state index contributed by atoms with van der Waals surface area (Å²) in [5.74, 6) is -0.107. The molecule has 1 fully saturated rings. The van der Waals surface area contributed by atoms with Crippen molar-refractivity contribution in [3.8, 4) is 0 Å². The van der Waals surface area contributed by atoms with Crippen molar-refractivity contribution in [1.82, 2.24) is 4.90 Å². The average Bonchev–Trinajstić information content (AvgIpc) is 2.40. The Morgan fingerprint density at radius 3 is 2.48 bits per heavy atom. The summed E-state index contributed by atoms with van der Waals surface area (Å²) in [6.07, 6.45) is 0.164. The van der Waals surface area contributed by atoms with Crippen molar-refractivity contribution in [2.24, 2.45) is 5.92 Å². The summed E-state index contributed by atoms with van der Waals surface area (Å²) in [6.45, 7) is 2.74. The van der Waals surface area contributed by atoms with E-state index in [1.54, 1.807) is 0 Å². The molecule has 1 saturated heterocycles. The Balaban J connectivity index is 2.03. The SMILES string of the molecule is CC1CCN(C(=O)c2ccc(SC(F)(F)F)cc2)CC1O. The Labute approximate surface area is 125 Å². The van der Waals surface area contributed by atoms with Gasteiger partial charge < -0.3 is 10.0 Å². The van der Waals surface area contributed by atoms with Crippen LogP contribution in [0.1, 0.15) is 23.7 Å². The monoisotopic (exact) mass is 319 g/mol. The molecule has 1 aliphatic rings. The van der Waals surface area contributed by atoms with Crippen LogP contribution in [0, 0.1) is 5.92 Å². The number of carbonyl (C=O) groups excluding carboxylic acids is 1. The van der Waals surface area contributed by atoms with Crippen LogP contribution in [0.4, 0.5) is 13.2 Å². The number of piperidine rings is 1. The summed E-state index contributed by atoms with van der Waals surface area (Å²) in [6, 6.07) is 5.35. The highest BCUT2D eigenvalue weighted by atomic mass is 32.2. The zero-order valence-electron chi connectivity index (χ0n) is 11.4. The lowest BCUT2D eigenvalue weighted by Crippen LogP contribution is -2.45. The summed E-state index contributed by atoms with van der Waals surface area (Å²) in [4.78, 5) is 13.8. The van der Waals surface area contributed by atoms with E-state index in [9.17, 15) is 23.1 Å². The molecule has 0 radical (unpaired) electrons. The van der Waals surface area contributed by atoms with Gasteiger partial charge in [-0.2, -0.15) is 13.2 Å². The molecule has 0 saturated carbocycles. The number of β-amino-alcohol motifs (C(OH)–C–C–N with tert-alkyl or cyclic N) is 1. The van der Waals surface area contributed by atoms with Gasteiger partial charge in [-0.1, -0.05) is 6.92 Å². The fraction of sp³-hybridized carbons (Fsp3) is 0.500. The topological polar surface area (TPSA) is 40.5 Å². The molecule has 1 N–H and O–H groups in total. The molecule has 7 heteroatoms. The van der Waals surface area contributed by atoms with Crippen LogP contribution in [-0.4, -0.2) is 40.6 Å². The second kappa shape index (κ2) is 6.27. The lowest BCUT2D eigenvalue weighted by molar-refractivity contribution is -0.0328. The largest absolute Gasteiger partial charge is 0.446 e. The van der Waals surface area contributed by atoms with Crippen LogP contribution in [0.5, 0.6) is 0 Å². The van der Waals surface area contributed by atoms with Crippen molar-refractivity contribution >= 4 is 17.7 Å². The number of benzene rings is 1. The van der Waals surface area contributed by atoms with Gasteiger partial charge in [0.2, 0.25) is 0 Å². The van der Waals surface area contributed by atoms with Gasteiger partial charge in [-0.15, -0.1) is 0 Å². The maximum atomic E-state index is 12.2. The number of hydrogen-bond donors (Lipinski definition) is 1. The van der Waals surface area contributed by atoms with Crippen molar-refractivity contribution in [2.75, 3.05) is 13.1 Å². The smallest absolute Gasteiger partial charge is 0.391 e. The maximum Gasteiger partial charge on any atom is 0.446 e. The predicted octanol–water partition coefficient (Wildman–Crippen LogP) is 3.14. The number of hydrogen-bond acceptors (Lipinski definition) is 3. The summed E-state index contributed by atoms with van der Waals surface area (Å²) in [5, 5.41) is 9.79. The van der Waals surface area contributed by atoms with E-state index in [-0.39, 0.29) is 35.0 Å². The third-order valence-corrected chi connectivity index (χ3v) is 4.28. The van der Waals surface area contributed by atoms with Gasteiger partial charge in [0, 0.05) is 23.5 Å². The molecule has 1 heterocycles. The molecular formula is C14H16F3NO2S. The number of nitrogens with zero attached hydrogens (tertiary/aromatic N) is 1. The molecule has 1 amide bonds. The number of amides is 1. The highest BCUT2D eigenvalue weighted by Gasteiger charge is 2.30. The molecule has 0 aromatic heterocycles. The molecule has 2 rings (SSSR count). The number of halogens is 3. The third-order valence-electron chi connectivity index (χ3n) is 3.54. The van der Waals surface area contributed by atoms with Crippen molar-refractivity contribution in [3.63, 3.8) is 0 Å². The van der Waals surface area contributed by atoms with E-state index in [1.807, 2.05) is 6.92 Å². The van der Waals surface area contributed by atoms with Crippen molar-refractivity contribution in [2.45, 2.75) is 29.9 Å². The first-order chi connectivity index (χ1) is 9.76. The van der Waals surface area contributed by atoms with Crippen LogP contribution < -0.4 is 0 Å². The zero-order chi connectivity index (χ0) is 15.6. The van der Waals surface area contributed by atoms with Crippen LogP contribution in [0.15, 0.2) is 29.2 Å². The Kier molecular flexibility index (Phi) is 4.83. The minimum absolute atomic E-state index is 0.0475. The molecule has 1 aliphatic heterocycles. The number of aliphatic hydroxyl groups is 1. The fourth-order valence-corrected chi connectivity index (χ4v) is 2.75. The molecule has 116 valence electrons. The van der Waals surface area contributed by atoms with E-state index >= 15 is 0 Å². The molecule has 3 nitrogen and oxygen atoms in total. The maximum absolute atomic E-state index is 12.2. The molecule has 2 unspecified atom stereocenters. The van der Waals surface area contributed by atoms with Crippen LogP contribution in [0.25, 0.3) is 0 Å². The molecule has 0 aliphatic carbocycles. The van der Waals surface area contributed by atoms with E-state index in [1.165, 1.54) is 29.2 Å². The lowest BCUT2D eigenvalue weighted by atomic mass is 9.95. The third kappa shape index (κ3) is 4.38. The van der Waals surface area contributed by atoms with Gasteiger partial charge in [-0.3, -0.25) is 4.79 Å². The second-order valence-corrected chi connectivity index (χ2v) is 6.30. The normalized spacial score (nSPS) is 23.2. The van der Waals surface area contributed by atoms with Crippen molar-refractivity contribution in [1.29, 1.82) is 0 Å². The van der Waals surface area contributed by atoms with Crippen LogP contribution in [-0.2, 0) is 0 Å². The molecule has 1 aromatic rings. The second-order valence-electron chi connectivity index (χ2n) is 5.16. The van der Waals surface area contributed by atoms with Gasteiger partial charge in [0.05, 0.1) is 6.10 Å². The zero-order valence-corrected chi connectivity index (χ0v) is 12.2. The molecule has 1 aromatic carbocycles. The molecule has 2 atom stereocenters. The Bertz CT molecular complexity index is 504. The molecule has 21 heavy (non-hydrogen) atoms. The van der Waals surface area contributed by atoms with E-state index in [0.29, 0.717) is 12.1 Å². The number of carbonyl (C=O) groups is 1. The van der Waals surface area contributed by atoms with Gasteiger partial charge in [0.1, 0.15) is 0 Å². The van der Waals surface area contributed by atoms with Gasteiger partial charge in [0.15, 0.2) is 0 Å². The van der Waals surface area contributed by atoms with E-state index in [0.717, 1.165) is 6.42 Å². The number of likely N-dealkylation sites (tertiary alicyclic amines) is 1. The molecule has 0 spiro atoms. The molecular weight excluding hydrogens is 303 g/mol. The van der Waals surface area contributed by atoms with Gasteiger partial charge >= 0.3 is 5.51 Å². The van der Waals surface area contributed by atoms with Gasteiger partial charge in [0.25, 0.3) is 5.91 Å². The first kappa shape index (κ1) is 16.2. The van der Waals surface area contributed by atoms with Crippen LogP contribution in [0.2, 0.25) is 0 Å². The lowest BCUT2D eigenvalue weighted by Gasteiger charge is -2.34. The summed E-state index contributed by atoms with van der Waals surface area (Å²) in [5.41, 5.74) is -4.00. The van der Waals surface area contributed by atoms with E-state index in [4.69, 9.17) is 0 Å². The predicted molar refractivity (Wildman–Crippen MR) is 74.0 cm³/mol. The fourth-order valence-electron chi connectivity index (χ4n) is 2.22. The number of thioether (sulfide) groups is 1. The average molecular weight is 319 g/mol. The minimum Gasteiger partial charge on any atom is -0.391 e. The van der Waals surface area contributed by atoms with Gasteiger partial charge in [-0.25, -0.2) is 0 Å². The Morgan fingerprint density at radius 1 is 1.33 bits per heavy atom. The number of alkyl halides is 3. The van der Waals surface area contributed by atoms with E-state index < -0.39 is 11.6 Å². The van der Waals surface area contributed by atoms with Crippen molar-refractivity contribution < 1.29 is 23.1 Å². The molecule has 0 bridgehead atoms. The quantitative estimate of drug-likeness (QED) is 0.852. The Morgan fingerprint density at radius 2 is 1.95 bits per heavy atom. The Hall–Kier alpha value is -1.21. The van der Waals surface area contributed by atoms with E-state index in [2.05, 4.69) is 0 Å². The summed E-state index contributed by atoms with van der Waals surface area (Å²) >= 11 is -0.207. The highest BCUT2D eigenvalue weighted by Crippen LogP contribution is 2.36. The van der Waals surface area contributed by atoms with Crippen LogP contribution >= 0.6 is 11.8 Å². The summed E-state index contributed by atoms with van der Waals surface area (Å²) in [7, 11) is 0. The highest BCUT2D eigenvalue weighted by molar-refractivity contribution is 8.00.